The predicted molar refractivity (Wildman–Crippen MR) is 60.9 cm³/mol. The number of aryl methyl sites for hydroxylation is 2. The van der Waals surface area contributed by atoms with Crippen LogP contribution in [-0.4, -0.2) is 13.1 Å². The van der Waals surface area contributed by atoms with E-state index in [4.69, 9.17) is 0 Å². The average molecular weight is 189 g/mol. The van der Waals surface area contributed by atoms with Crippen LogP contribution < -0.4 is 5.32 Å². The van der Waals surface area contributed by atoms with Gasteiger partial charge in [0.05, 0.1) is 0 Å². The van der Waals surface area contributed by atoms with Crippen LogP contribution in [0.15, 0.2) is 12.1 Å². The molecule has 1 heteroatoms. The van der Waals surface area contributed by atoms with Crippen molar-refractivity contribution in [3.05, 3.63) is 34.4 Å². The monoisotopic (exact) mass is 189 g/mol. The topological polar surface area (TPSA) is 12.0 Å². The van der Waals surface area contributed by atoms with Gasteiger partial charge in [-0.2, -0.15) is 0 Å². The maximum Gasteiger partial charge on any atom is 0.0140 e. The second-order valence-electron chi connectivity index (χ2n) is 4.48. The van der Waals surface area contributed by atoms with Crippen LogP contribution in [0.4, 0.5) is 0 Å². The van der Waals surface area contributed by atoms with Gasteiger partial charge in [-0.05, 0) is 56.5 Å². The summed E-state index contributed by atoms with van der Waals surface area (Å²) < 4.78 is 0. The van der Waals surface area contributed by atoms with E-state index in [2.05, 4.69) is 45.3 Å². The molecular weight excluding hydrogens is 170 g/mol. The van der Waals surface area contributed by atoms with E-state index in [9.17, 15) is 0 Å². The molecular formula is C13H19N. The van der Waals surface area contributed by atoms with Gasteiger partial charge in [0.2, 0.25) is 0 Å². The van der Waals surface area contributed by atoms with Crippen molar-refractivity contribution in [3.63, 3.8) is 0 Å². The lowest BCUT2D eigenvalue weighted by molar-refractivity contribution is 0.779. The van der Waals surface area contributed by atoms with Gasteiger partial charge in [-0.15, -0.1) is 0 Å². The molecule has 0 heterocycles. The Morgan fingerprint density at radius 2 is 1.79 bits per heavy atom. The number of likely N-dealkylation sites (N-methyl/N-ethyl adjacent to an activating group) is 1. The zero-order valence-corrected chi connectivity index (χ0v) is 9.52. The highest BCUT2D eigenvalue weighted by atomic mass is 14.9. The number of hydrogen-bond acceptors (Lipinski definition) is 1. The van der Waals surface area contributed by atoms with Crippen molar-refractivity contribution < 1.29 is 0 Å². The Morgan fingerprint density at radius 1 is 1.14 bits per heavy atom. The Balaban J connectivity index is 2.38. The lowest BCUT2D eigenvalue weighted by Crippen LogP contribution is -2.11. The lowest BCUT2D eigenvalue weighted by atomic mass is 9.95. The normalized spacial score (nSPS) is 25.1. The molecule has 1 fully saturated rings. The molecule has 1 aromatic rings. The molecule has 1 aromatic carbocycles. The van der Waals surface area contributed by atoms with Crippen molar-refractivity contribution in [2.75, 3.05) is 7.05 Å². The molecule has 0 bridgehead atoms. The average Bonchev–Trinajstić information content (AvgIpc) is 2.92. The molecule has 2 unspecified atom stereocenters. The molecule has 0 spiro atoms. The fourth-order valence-electron chi connectivity index (χ4n) is 2.38. The van der Waals surface area contributed by atoms with Crippen molar-refractivity contribution in [3.8, 4) is 0 Å². The summed E-state index contributed by atoms with van der Waals surface area (Å²) in [5.41, 5.74) is 5.96. The third-order valence-corrected chi connectivity index (χ3v) is 3.54. The Hall–Kier alpha value is -0.820. The molecule has 0 saturated heterocycles. The van der Waals surface area contributed by atoms with E-state index in [-0.39, 0.29) is 0 Å². The summed E-state index contributed by atoms with van der Waals surface area (Å²) in [6.45, 7) is 6.69. The second-order valence-corrected chi connectivity index (χ2v) is 4.48. The van der Waals surface area contributed by atoms with E-state index < -0.39 is 0 Å². The first kappa shape index (κ1) is 9.72. The Kier molecular flexibility index (Phi) is 2.36. The van der Waals surface area contributed by atoms with Crippen LogP contribution in [0.2, 0.25) is 0 Å². The molecule has 0 aromatic heterocycles. The minimum Gasteiger partial charge on any atom is -0.316 e. The molecule has 2 rings (SSSR count). The quantitative estimate of drug-likeness (QED) is 0.754. The van der Waals surface area contributed by atoms with E-state index in [1.54, 1.807) is 5.56 Å². The maximum atomic E-state index is 3.36. The maximum absolute atomic E-state index is 3.36. The summed E-state index contributed by atoms with van der Waals surface area (Å²) in [5.74, 6) is 0.764. The van der Waals surface area contributed by atoms with Crippen molar-refractivity contribution in [1.82, 2.24) is 5.32 Å². The highest BCUT2D eigenvalue weighted by molar-refractivity contribution is 5.44. The third kappa shape index (κ3) is 1.46. The lowest BCUT2D eigenvalue weighted by Gasteiger charge is -2.12. The largest absolute Gasteiger partial charge is 0.316 e. The van der Waals surface area contributed by atoms with E-state index in [0.717, 1.165) is 5.92 Å². The molecule has 0 radical (unpaired) electrons. The van der Waals surface area contributed by atoms with Gasteiger partial charge in [-0.1, -0.05) is 12.1 Å². The van der Waals surface area contributed by atoms with Gasteiger partial charge in [-0.3, -0.25) is 0 Å². The minimum atomic E-state index is 0.717. The summed E-state index contributed by atoms with van der Waals surface area (Å²) >= 11 is 0. The van der Waals surface area contributed by atoms with Crippen LogP contribution in [0.3, 0.4) is 0 Å². The number of nitrogens with one attached hydrogen (secondary N) is 1. The van der Waals surface area contributed by atoms with Crippen molar-refractivity contribution in [2.45, 2.75) is 39.2 Å². The molecule has 1 saturated carbocycles. The van der Waals surface area contributed by atoms with Gasteiger partial charge in [0, 0.05) is 12.0 Å². The summed E-state index contributed by atoms with van der Waals surface area (Å²) in [7, 11) is 2.06. The van der Waals surface area contributed by atoms with Gasteiger partial charge in [0.1, 0.15) is 0 Å². The van der Waals surface area contributed by atoms with E-state index in [1.165, 1.54) is 23.1 Å². The molecule has 0 amide bonds. The second kappa shape index (κ2) is 3.39. The highest BCUT2D eigenvalue weighted by Gasteiger charge is 2.38. The first-order chi connectivity index (χ1) is 6.65. The van der Waals surface area contributed by atoms with Crippen molar-refractivity contribution in [2.24, 2.45) is 0 Å². The zero-order valence-electron chi connectivity index (χ0n) is 9.52. The smallest absolute Gasteiger partial charge is 0.0140 e. The predicted octanol–water partition coefficient (Wildman–Crippen LogP) is 2.69. The standard InChI is InChI=1S/C13H19N/c1-8-5-6-9(2)13(10(8)3)11-7-12(11)14-4/h5-6,11-12,14H,7H2,1-4H3. The van der Waals surface area contributed by atoms with Crippen molar-refractivity contribution >= 4 is 0 Å². The molecule has 1 N–H and O–H groups in total. The molecule has 1 aliphatic carbocycles. The van der Waals surface area contributed by atoms with Gasteiger partial charge < -0.3 is 5.32 Å². The van der Waals surface area contributed by atoms with Crippen molar-refractivity contribution in [1.29, 1.82) is 0 Å². The van der Waals surface area contributed by atoms with Crippen LogP contribution in [0, 0.1) is 20.8 Å². The Labute approximate surface area is 86.5 Å². The van der Waals surface area contributed by atoms with Crippen LogP contribution in [0.5, 0.6) is 0 Å². The molecule has 0 aliphatic heterocycles. The summed E-state index contributed by atoms with van der Waals surface area (Å²) in [4.78, 5) is 0. The first-order valence-electron chi connectivity index (χ1n) is 5.39. The van der Waals surface area contributed by atoms with Crippen LogP contribution in [0.25, 0.3) is 0 Å². The summed E-state index contributed by atoms with van der Waals surface area (Å²) in [6.07, 6.45) is 1.31. The van der Waals surface area contributed by atoms with Gasteiger partial charge in [0.25, 0.3) is 0 Å². The summed E-state index contributed by atoms with van der Waals surface area (Å²) in [6, 6.07) is 5.20. The first-order valence-corrected chi connectivity index (χ1v) is 5.39. The Morgan fingerprint density at radius 3 is 2.36 bits per heavy atom. The van der Waals surface area contributed by atoms with Crippen LogP contribution >= 0.6 is 0 Å². The molecule has 2 atom stereocenters. The molecule has 1 aliphatic rings. The SMILES string of the molecule is CNC1CC1c1c(C)ccc(C)c1C. The number of rotatable bonds is 2. The minimum absolute atomic E-state index is 0.717. The molecule has 76 valence electrons. The van der Waals surface area contributed by atoms with Crippen LogP contribution in [-0.2, 0) is 0 Å². The Bertz CT molecular complexity index is 354. The summed E-state index contributed by atoms with van der Waals surface area (Å²) in [5, 5.41) is 3.36. The number of hydrogen-bond donors (Lipinski definition) is 1. The zero-order chi connectivity index (χ0) is 10.3. The van der Waals surface area contributed by atoms with Crippen LogP contribution in [0.1, 0.15) is 34.6 Å². The fraction of sp³-hybridized carbons (Fsp3) is 0.538. The molecule has 14 heavy (non-hydrogen) atoms. The third-order valence-electron chi connectivity index (χ3n) is 3.54. The highest BCUT2D eigenvalue weighted by Crippen LogP contribution is 2.43. The fourth-order valence-corrected chi connectivity index (χ4v) is 2.38. The van der Waals surface area contributed by atoms with Gasteiger partial charge in [-0.25, -0.2) is 0 Å². The molecule has 1 nitrogen and oxygen atoms in total. The van der Waals surface area contributed by atoms with E-state index >= 15 is 0 Å². The van der Waals surface area contributed by atoms with E-state index in [1.807, 2.05) is 0 Å². The number of benzene rings is 1. The van der Waals surface area contributed by atoms with Gasteiger partial charge in [0.15, 0.2) is 0 Å². The van der Waals surface area contributed by atoms with E-state index in [0.29, 0.717) is 6.04 Å². The van der Waals surface area contributed by atoms with Gasteiger partial charge >= 0.3 is 0 Å².